The van der Waals surface area contributed by atoms with Crippen molar-refractivity contribution >= 4 is 23.1 Å². The van der Waals surface area contributed by atoms with Crippen LogP contribution < -0.4 is 4.90 Å². The number of rotatable bonds is 2. The molecule has 1 aliphatic carbocycles. The van der Waals surface area contributed by atoms with Crippen molar-refractivity contribution in [3.63, 3.8) is 0 Å². The molecule has 3 aromatic rings. The van der Waals surface area contributed by atoms with Crippen molar-refractivity contribution in [2.24, 2.45) is 0 Å². The summed E-state index contributed by atoms with van der Waals surface area (Å²) in [5, 5.41) is 3.10. The lowest BCUT2D eigenvalue weighted by Gasteiger charge is -2.36. The summed E-state index contributed by atoms with van der Waals surface area (Å²) in [6.45, 7) is 2.92. The first-order valence-corrected chi connectivity index (χ1v) is 10.9. The van der Waals surface area contributed by atoms with Crippen molar-refractivity contribution < 1.29 is 9.53 Å². The summed E-state index contributed by atoms with van der Waals surface area (Å²) < 4.78 is 7.52. The van der Waals surface area contributed by atoms with Crippen LogP contribution in [-0.2, 0) is 11.3 Å². The molecule has 0 radical (unpaired) electrons. The van der Waals surface area contributed by atoms with E-state index in [0.29, 0.717) is 38.8 Å². The van der Waals surface area contributed by atoms with E-state index in [9.17, 15) is 4.79 Å². The molecule has 148 valence electrons. The van der Waals surface area contributed by atoms with Crippen LogP contribution in [0.25, 0.3) is 16.4 Å². The predicted octanol–water partition coefficient (Wildman–Crippen LogP) is 3.65. The highest BCUT2D eigenvalue weighted by Gasteiger charge is 2.33. The molecule has 4 heterocycles. The Bertz CT molecular complexity index is 1080. The van der Waals surface area contributed by atoms with E-state index < -0.39 is 0 Å². The van der Waals surface area contributed by atoms with Crippen LogP contribution in [0.4, 0.5) is 10.5 Å². The fourth-order valence-corrected chi connectivity index (χ4v) is 5.02. The Balaban J connectivity index is 1.41. The highest BCUT2D eigenvalue weighted by molar-refractivity contribution is 7.13. The fraction of sp³-hybridized carbons (Fsp3) is 0.381. The maximum absolute atomic E-state index is 13.4. The second-order valence-electron chi connectivity index (χ2n) is 7.72. The van der Waals surface area contributed by atoms with Crippen LogP contribution in [0, 0.1) is 0 Å². The van der Waals surface area contributed by atoms with Gasteiger partial charge >= 0.3 is 6.03 Å². The highest BCUT2D eigenvalue weighted by atomic mass is 32.1. The molecule has 1 saturated heterocycles. The van der Waals surface area contributed by atoms with Gasteiger partial charge in [0.25, 0.3) is 0 Å². The normalized spacial score (nSPS) is 18.5. The Morgan fingerprint density at radius 2 is 1.93 bits per heavy atom. The first-order chi connectivity index (χ1) is 14.3. The lowest BCUT2D eigenvalue weighted by molar-refractivity contribution is 0.0547. The van der Waals surface area contributed by atoms with Gasteiger partial charge in [0.2, 0.25) is 0 Å². The minimum absolute atomic E-state index is 0.0250. The van der Waals surface area contributed by atoms with Gasteiger partial charge in [0.1, 0.15) is 17.0 Å². The van der Waals surface area contributed by atoms with E-state index in [-0.39, 0.29) is 6.03 Å². The van der Waals surface area contributed by atoms with Gasteiger partial charge in [-0.15, -0.1) is 11.3 Å². The molecular formula is C21H21N5O2S. The third-order valence-corrected chi connectivity index (χ3v) is 6.71. The summed E-state index contributed by atoms with van der Waals surface area (Å²) in [6, 6.07) is 8.05. The summed E-state index contributed by atoms with van der Waals surface area (Å²) in [5.74, 6) is 0.624. The zero-order valence-corrected chi connectivity index (χ0v) is 16.8. The SMILES string of the molecule is O=C(N1CCOCC1)N1Cc2c(-c3nc(C4CC4)cs3)ncn2-c2ccccc21. The molecule has 0 spiro atoms. The van der Waals surface area contributed by atoms with Gasteiger partial charge in [0, 0.05) is 24.4 Å². The maximum atomic E-state index is 13.4. The number of fused-ring (bicyclic) bond motifs is 3. The van der Waals surface area contributed by atoms with Crippen LogP contribution in [0.1, 0.15) is 30.1 Å². The number of hydrogen-bond acceptors (Lipinski definition) is 5. The minimum Gasteiger partial charge on any atom is -0.378 e. The number of benzene rings is 1. The summed E-state index contributed by atoms with van der Waals surface area (Å²) in [5.41, 5.74) is 4.98. The summed E-state index contributed by atoms with van der Waals surface area (Å²) >= 11 is 1.65. The number of carbonyl (C=O) groups is 1. The molecular weight excluding hydrogens is 386 g/mol. The molecule has 29 heavy (non-hydrogen) atoms. The van der Waals surface area contributed by atoms with Crippen LogP contribution in [0.15, 0.2) is 36.0 Å². The van der Waals surface area contributed by atoms with Crippen LogP contribution in [0.3, 0.4) is 0 Å². The first kappa shape index (κ1) is 17.2. The van der Waals surface area contributed by atoms with Crippen molar-refractivity contribution in [1.82, 2.24) is 19.4 Å². The van der Waals surface area contributed by atoms with Crippen molar-refractivity contribution in [2.75, 3.05) is 31.2 Å². The van der Waals surface area contributed by atoms with E-state index in [0.717, 1.165) is 27.8 Å². The zero-order valence-electron chi connectivity index (χ0n) is 16.0. The number of anilines is 1. The number of morpholine rings is 1. The number of nitrogens with zero attached hydrogens (tertiary/aromatic N) is 5. The molecule has 0 N–H and O–H groups in total. The Labute approximate surface area is 172 Å². The number of ether oxygens (including phenoxy) is 1. The van der Waals surface area contributed by atoms with Crippen LogP contribution in [-0.4, -0.2) is 51.8 Å². The molecule has 2 fully saturated rings. The molecule has 2 amide bonds. The molecule has 6 rings (SSSR count). The minimum atomic E-state index is 0.0250. The molecule has 2 aliphatic heterocycles. The Kier molecular flexibility index (Phi) is 3.95. The standard InChI is InChI=1S/C21H21N5O2S/c27-21(24-7-9-28-10-8-24)25-11-18-19(20-23-15(12-29-20)14-5-6-14)22-13-26(18)17-4-2-1-3-16(17)25/h1-4,12-14H,5-11H2. The van der Waals surface area contributed by atoms with Crippen LogP contribution in [0.5, 0.6) is 0 Å². The predicted molar refractivity (Wildman–Crippen MR) is 111 cm³/mol. The van der Waals surface area contributed by atoms with Crippen molar-refractivity contribution in [2.45, 2.75) is 25.3 Å². The van der Waals surface area contributed by atoms with Gasteiger partial charge in [-0.05, 0) is 25.0 Å². The largest absolute Gasteiger partial charge is 0.378 e. The number of urea groups is 1. The quantitative estimate of drug-likeness (QED) is 0.651. The third kappa shape index (κ3) is 2.86. The lowest BCUT2D eigenvalue weighted by atomic mass is 10.1. The van der Waals surface area contributed by atoms with Gasteiger partial charge in [-0.2, -0.15) is 0 Å². The number of thiazole rings is 1. The zero-order chi connectivity index (χ0) is 19.4. The number of aromatic nitrogens is 3. The summed E-state index contributed by atoms with van der Waals surface area (Å²) in [6.07, 6.45) is 4.33. The Morgan fingerprint density at radius 3 is 2.72 bits per heavy atom. The van der Waals surface area contributed by atoms with Crippen molar-refractivity contribution in [3.8, 4) is 16.4 Å². The molecule has 1 aromatic carbocycles. The summed E-state index contributed by atoms with van der Waals surface area (Å²) in [7, 11) is 0. The average molecular weight is 407 g/mol. The molecule has 1 saturated carbocycles. The van der Waals surface area contributed by atoms with Crippen LogP contribution in [0.2, 0.25) is 0 Å². The van der Waals surface area contributed by atoms with Crippen molar-refractivity contribution in [1.29, 1.82) is 0 Å². The first-order valence-electron chi connectivity index (χ1n) is 10.0. The number of imidazole rings is 1. The van der Waals surface area contributed by atoms with Gasteiger partial charge in [-0.1, -0.05) is 12.1 Å². The number of amides is 2. The van der Waals surface area contributed by atoms with Gasteiger partial charge in [0.15, 0.2) is 0 Å². The molecule has 3 aliphatic rings. The maximum Gasteiger partial charge on any atom is 0.325 e. The van der Waals surface area contributed by atoms with E-state index in [2.05, 4.69) is 9.95 Å². The highest BCUT2D eigenvalue weighted by Crippen LogP contribution is 2.42. The van der Waals surface area contributed by atoms with E-state index in [1.165, 1.54) is 18.5 Å². The van der Waals surface area contributed by atoms with E-state index in [1.54, 1.807) is 11.3 Å². The second-order valence-corrected chi connectivity index (χ2v) is 8.58. The van der Waals surface area contributed by atoms with Gasteiger partial charge in [-0.3, -0.25) is 9.47 Å². The molecule has 8 heteroatoms. The number of para-hydroxylation sites is 2. The number of hydrogen-bond donors (Lipinski definition) is 0. The topological polar surface area (TPSA) is 63.5 Å². The second kappa shape index (κ2) is 6.67. The molecule has 7 nitrogen and oxygen atoms in total. The molecule has 0 atom stereocenters. The summed E-state index contributed by atoms with van der Waals surface area (Å²) in [4.78, 5) is 26.7. The fourth-order valence-electron chi connectivity index (χ4n) is 4.10. The van der Waals surface area contributed by atoms with E-state index in [1.807, 2.05) is 40.4 Å². The van der Waals surface area contributed by atoms with Gasteiger partial charge in [0.05, 0.1) is 42.5 Å². The van der Waals surface area contributed by atoms with E-state index >= 15 is 0 Å². The molecule has 2 aromatic heterocycles. The lowest BCUT2D eigenvalue weighted by Crippen LogP contribution is -2.49. The smallest absolute Gasteiger partial charge is 0.325 e. The molecule has 0 bridgehead atoms. The van der Waals surface area contributed by atoms with Gasteiger partial charge in [-0.25, -0.2) is 14.8 Å². The average Bonchev–Trinajstić information content (AvgIpc) is 3.35. The Hall–Kier alpha value is -2.71. The van der Waals surface area contributed by atoms with E-state index in [4.69, 9.17) is 14.7 Å². The third-order valence-electron chi connectivity index (χ3n) is 5.84. The Morgan fingerprint density at radius 1 is 1.14 bits per heavy atom. The van der Waals surface area contributed by atoms with Crippen LogP contribution >= 0.6 is 11.3 Å². The van der Waals surface area contributed by atoms with Crippen molar-refractivity contribution in [3.05, 3.63) is 47.4 Å². The molecule has 0 unspecified atom stereocenters. The number of carbonyl (C=O) groups excluding carboxylic acids is 1. The monoisotopic (exact) mass is 407 g/mol. The van der Waals surface area contributed by atoms with Gasteiger partial charge < -0.3 is 9.64 Å².